The Morgan fingerprint density at radius 3 is 2.86 bits per heavy atom. The number of nitrogens with two attached hydrogens (primary N) is 1. The third-order valence-corrected chi connectivity index (χ3v) is 3.55. The summed E-state index contributed by atoms with van der Waals surface area (Å²) in [7, 11) is 0. The Balaban J connectivity index is 1.95. The number of carbonyl (C=O) groups excluding carboxylic acids is 1. The molecule has 1 aromatic carbocycles. The number of amides is 1. The van der Waals surface area contributed by atoms with Crippen LogP contribution in [0.4, 0.5) is 15.9 Å². The van der Waals surface area contributed by atoms with Gasteiger partial charge in [0.25, 0.3) is 0 Å². The Morgan fingerprint density at radius 2 is 2.19 bits per heavy atom. The molecule has 0 fully saturated rings. The summed E-state index contributed by atoms with van der Waals surface area (Å²) >= 11 is 6.98. The van der Waals surface area contributed by atoms with Crippen molar-refractivity contribution in [1.29, 1.82) is 0 Å². The third-order valence-electron chi connectivity index (χ3n) is 2.39. The topological polar surface area (TPSA) is 80.9 Å². The summed E-state index contributed by atoms with van der Waals surface area (Å²) in [5.41, 5.74) is 6.69. The van der Waals surface area contributed by atoms with Gasteiger partial charge in [-0.1, -0.05) is 23.4 Å². The second-order valence-corrected chi connectivity index (χ2v) is 5.53. The number of nitrogen functional groups attached to an aromatic ring is 1. The molecule has 0 aliphatic carbocycles. The van der Waals surface area contributed by atoms with Crippen LogP contribution in [0.3, 0.4) is 0 Å². The first-order valence-electron chi connectivity index (χ1n) is 5.93. The summed E-state index contributed by atoms with van der Waals surface area (Å²) in [5, 5.41) is 3.16. The molecule has 0 aliphatic rings. The normalized spacial score (nSPS) is 10.4. The van der Waals surface area contributed by atoms with Crippen LogP contribution in [0.15, 0.2) is 29.4 Å². The molecule has 0 radical (unpaired) electrons. The minimum atomic E-state index is -0.462. The molecule has 0 unspecified atom stereocenters. The molecule has 0 saturated heterocycles. The largest absolute Gasteiger partial charge is 0.384 e. The van der Waals surface area contributed by atoms with Crippen LogP contribution in [0.1, 0.15) is 5.69 Å². The van der Waals surface area contributed by atoms with E-state index in [1.54, 1.807) is 13.0 Å². The minimum Gasteiger partial charge on any atom is -0.384 e. The molecular weight excluding hydrogens is 315 g/mol. The van der Waals surface area contributed by atoms with Crippen molar-refractivity contribution in [2.75, 3.05) is 16.8 Å². The van der Waals surface area contributed by atoms with Gasteiger partial charge in [-0.25, -0.2) is 14.4 Å². The summed E-state index contributed by atoms with van der Waals surface area (Å²) in [6.07, 6.45) is 0. The smallest absolute Gasteiger partial charge is 0.234 e. The highest BCUT2D eigenvalue weighted by Crippen LogP contribution is 2.23. The van der Waals surface area contributed by atoms with Crippen LogP contribution in [0.5, 0.6) is 0 Å². The lowest BCUT2D eigenvalue weighted by Crippen LogP contribution is -2.14. The SMILES string of the molecule is Cc1cc(N)nc(SCC(=O)Nc2ccc(F)cc2Cl)n1. The number of carbonyl (C=O) groups is 1. The molecule has 2 rings (SSSR count). The summed E-state index contributed by atoms with van der Waals surface area (Å²) in [6.45, 7) is 1.79. The number of nitrogens with one attached hydrogen (secondary N) is 1. The fraction of sp³-hybridized carbons (Fsp3) is 0.154. The van der Waals surface area contributed by atoms with Gasteiger partial charge in [-0.15, -0.1) is 0 Å². The average molecular weight is 327 g/mol. The monoisotopic (exact) mass is 326 g/mol. The van der Waals surface area contributed by atoms with Crippen LogP contribution >= 0.6 is 23.4 Å². The highest BCUT2D eigenvalue weighted by Gasteiger charge is 2.09. The summed E-state index contributed by atoms with van der Waals surface area (Å²) in [4.78, 5) is 20.0. The Morgan fingerprint density at radius 1 is 1.43 bits per heavy atom. The zero-order chi connectivity index (χ0) is 15.4. The van der Waals surface area contributed by atoms with Gasteiger partial charge in [-0.05, 0) is 25.1 Å². The standard InChI is InChI=1S/C13H12ClFN4OS/c1-7-4-11(16)19-13(17-7)21-6-12(20)18-10-3-2-8(15)5-9(10)14/h2-5H,6H2,1H3,(H,18,20)(H2,16,17,19). The van der Waals surface area contributed by atoms with E-state index in [4.69, 9.17) is 17.3 Å². The van der Waals surface area contributed by atoms with Crippen LogP contribution in [0.2, 0.25) is 5.02 Å². The van der Waals surface area contributed by atoms with Gasteiger partial charge in [0.2, 0.25) is 5.91 Å². The van der Waals surface area contributed by atoms with Crippen LogP contribution in [-0.2, 0) is 4.79 Å². The molecule has 0 bridgehead atoms. The number of thioether (sulfide) groups is 1. The number of hydrogen-bond acceptors (Lipinski definition) is 5. The minimum absolute atomic E-state index is 0.0938. The lowest BCUT2D eigenvalue weighted by atomic mass is 10.3. The van der Waals surface area contributed by atoms with Crippen molar-refractivity contribution in [3.05, 3.63) is 40.8 Å². The molecule has 0 saturated carbocycles. The Kier molecular flexibility index (Phi) is 4.98. The van der Waals surface area contributed by atoms with Crippen LogP contribution in [0.25, 0.3) is 0 Å². The molecule has 8 heteroatoms. The fourth-order valence-corrected chi connectivity index (χ4v) is 2.46. The number of benzene rings is 1. The quantitative estimate of drug-likeness (QED) is 0.667. The van der Waals surface area contributed by atoms with Gasteiger partial charge in [0.1, 0.15) is 11.6 Å². The van der Waals surface area contributed by atoms with E-state index < -0.39 is 5.82 Å². The third kappa shape index (κ3) is 4.57. The summed E-state index contributed by atoms with van der Waals surface area (Å²) in [6, 6.07) is 5.40. The van der Waals surface area contributed by atoms with Crippen LogP contribution in [0, 0.1) is 12.7 Å². The molecule has 5 nitrogen and oxygen atoms in total. The zero-order valence-electron chi connectivity index (χ0n) is 11.1. The van der Waals surface area contributed by atoms with E-state index in [2.05, 4.69) is 15.3 Å². The van der Waals surface area contributed by atoms with Crippen LogP contribution in [-0.4, -0.2) is 21.6 Å². The zero-order valence-corrected chi connectivity index (χ0v) is 12.6. The number of aryl methyl sites for hydroxylation is 1. The first-order chi connectivity index (χ1) is 9.94. The summed E-state index contributed by atoms with van der Waals surface area (Å²) < 4.78 is 12.9. The van der Waals surface area contributed by atoms with Crippen molar-refractivity contribution in [2.45, 2.75) is 12.1 Å². The maximum absolute atomic E-state index is 12.9. The van der Waals surface area contributed by atoms with Crippen molar-refractivity contribution < 1.29 is 9.18 Å². The Labute approximate surface area is 130 Å². The van der Waals surface area contributed by atoms with E-state index in [0.717, 1.165) is 23.5 Å². The first-order valence-corrected chi connectivity index (χ1v) is 7.29. The van der Waals surface area contributed by atoms with Crippen molar-refractivity contribution in [2.24, 2.45) is 0 Å². The number of hydrogen-bond donors (Lipinski definition) is 2. The van der Waals surface area contributed by atoms with Crippen molar-refractivity contribution in [1.82, 2.24) is 9.97 Å². The molecule has 0 atom stereocenters. The van der Waals surface area contributed by atoms with Crippen molar-refractivity contribution >= 4 is 40.8 Å². The van der Waals surface area contributed by atoms with Gasteiger partial charge in [0, 0.05) is 11.8 Å². The molecule has 21 heavy (non-hydrogen) atoms. The van der Waals surface area contributed by atoms with Crippen molar-refractivity contribution in [3.8, 4) is 0 Å². The Hall–Kier alpha value is -1.86. The lowest BCUT2D eigenvalue weighted by Gasteiger charge is -2.07. The number of anilines is 2. The highest BCUT2D eigenvalue weighted by atomic mass is 35.5. The van der Waals surface area contributed by atoms with E-state index >= 15 is 0 Å². The van der Waals surface area contributed by atoms with E-state index in [0.29, 0.717) is 16.7 Å². The maximum atomic E-state index is 12.9. The van der Waals surface area contributed by atoms with Gasteiger partial charge in [-0.3, -0.25) is 4.79 Å². The predicted molar refractivity (Wildman–Crippen MR) is 81.9 cm³/mol. The van der Waals surface area contributed by atoms with E-state index in [1.165, 1.54) is 12.1 Å². The van der Waals surface area contributed by atoms with E-state index in [1.807, 2.05) is 0 Å². The molecule has 0 spiro atoms. The first kappa shape index (κ1) is 15.5. The number of nitrogens with zero attached hydrogens (tertiary/aromatic N) is 2. The molecule has 110 valence electrons. The van der Waals surface area contributed by atoms with Gasteiger partial charge in [0.15, 0.2) is 5.16 Å². The Bertz CT molecular complexity index is 663. The fourth-order valence-electron chi connectivity index (χ4n) is 1.54. The van der Waals surface area contributed by atoms with E-state index in [9.17, 15) is 9.18 Å². The summed E-state index contributed by atoms with van der Waals surface area (Å²) in [5.74, 6) is -0.309. The van der Waals surface area contributed by atoms with Gasteiger partial charge < -0.3 is 11.1 Å². The molecule has 1 heterocycles. The highest BCUT2D eigenvalue weighted by molar-refractivity contribution is 7.99. The van der Waals surface area contributed by atoms with Gasteiger partial charge in [-0.2, -0.15) is 0 Å². The number of aromatic nitrogens is 2. The molecule has 0 aliphatic heterocycles. The molecule has 1 amide bonds. The molecule has 3 N–H and O–H groups in total. The molecule has 2 aromatic rings. The van der Waals surface area contributed by atoms with E-state index in [-0.39, 0.29) is 16.7 Å². The second kappa shape index (κ2) is 6.73. The predicted octanol–water partition coefficient (Wildman–Crippen LogP) is 2.89. The molecule has 1 aromatic heterocycles. The van der Waals surface area contributed by atoms with Gasteiger partial charge in [0.05, 0.1) is 16.5 Å². The average Bonchev–Trinajstić information content (AvgIpc) is 2.39. The van der Waals surface area contributed by atoms with Crippen LogP contribution < -0.4 is 11.1 Å². The number of rotatable bonds is 4. The van der Waals surface area contributed by atoms with Gasteiger partial charge >= 0.3 is 0 Å². The number of halogens is 2. The molecular formula is C13H12ClFN4OS. The second-order valence-electron chi connectivity index (χ2n) is 4.18. The maximum Gasteiger partial charge on any atom is 0.234 e. The lowest BCUT2D eigenvalue weighted by molar-refractivity contribution is -0.113. The van der Waals surface area contributed by atoms with Crippen molar-refractivity contribution in [3.63, 3.8) is 0 Å².